The maximum Gasteiger partial charge on any atom is 0.134 e. The number of H-pyrrole nitrogens is 1. The Labute approximate surface area is 96.0 Å². The molecular weight excluding hydrogens is 205 g/mol. The summed E-state index contributed by atoms with van der Waals surface area (Å²) in [6, 6.07) is 4.53. The van der Waals surface area contributed by atoms with Crippen LogP contribution >= 0.6 is 0 Å². The zero-order chi connectivity index (χ0) is 12.1. The summed E-state index contributed by atoms with van der Waals surface area (Å²) < 4.78 is 12.8. The van der Waals surface area contributed by atoms with Gasteiger partial charge in [0.05, 0.1) is 0 Å². The predicted octanol–water partition coefficient (Wildman–Crippen LogP) is 3.71. The molecule has 0 atom stereocenters. The van der Waals surface area contributed by atoms with Gasteiger partial charge >= 0.3 is 0 Å². The lowest BCUT2D eigenvalue weighted by molar-refractivity contribution is -0.116. The van der Waals surface area contributed by atoms with Crippen LogP contribution in [0.2, 0.25) is 0 Å². The third-order valence-electron chi connectivity index (χ3n) is 2.17. The van der Waals surface area contributed by atoms with E-state index in [9.17, 15) is 9.18 Å². The molecule has 0 aliphatic carbocycles. The highest BCUT2D eigenvalue weighted by molar-refractivity contribution is 5.88. The van der Waals surface area contributed by atoms with Crippen LogP contribution in [0.1, 0.15) is 27.8 Å². The van der Waals surface area contributed by atoms with Gasteiger partial charge in [0, 0.05) is 24.9 Å². The molecule has 0 amide bonds. The number of nitrogens with one attached hydrogen (secondary N) is 1. The number of Topliss-reactive ketones (excluding diaryl/α,β-unsaturated/α-hetero) is 1. The van der Waals surface area contributed by atoms with Crippen LogP contribution < -0.4 is 0 Å². The first-order valence-corrected chi connectivity index (χ1v) is 5.42. The third-order valence-corrected chi connectivity index (χ3v) is 2.17. The van der Waals surface area contributed by atoms with Crippen molar-refractivity contribution in [1.82, 2.24) is 4.98 Å². The molecule has 0 aliphatic rings. The average molecular weight is 223 g/mol. The standard InChI is InChI=1S/C11H10FNO.C2H6.H2/c1-7(14)4-8-6-13-11-5-9(12)2-3-10(8)11;1-2;/h2-3,5-6,13H,4H2,1H3;1-2H3;1H. The number of ketones is 1. The summed E-state index contributed by atoms with van der Waals surface area (Å²) in [4.78, 5) is 13.9. The minimum Gasteiger partial charge on any atom is -0.361 e. The molecular formula is C13H18FNO. The predicted molar refractivity (Wildman–Crippen MR) is 66.1 cm³/mol. The van der Waals surface area contributed by atoms with E-state index in [-0.39, 0.29) is 13.0 Å². The lowest BCUT2D eigenvalue weighted by Crippen LogP contribution is -1.94. The van der Waals surface area contributed by atoms with E-state index in [2.05, 4.69) is 4.98 Å². The van der Waals surface area contributed by atoms with Crippen molar-refractivity contribution in [2.45, 2.75) is 27.2 Å². The Morgan fingerprint density at radius 3 is 2.75 bits per heavy atom. The zero-order valence-corrected chi connectivity index (χ0v) is 9.80. The SMILES string of the molecule is CC.CC(=O)Cc1c[nH]c2cc(F)ccc12.[HH]. The number of hydrogen-bond acceptors (Lipinski definition) is 1. The van der Waals surface area contributed by atoms with Crippen LogP contribution in [-0.2, 0) is 11.2 Å². The summed E-state index contributed by atoms with van der Waals surface area (Å²) in [6.45, 7) is 5.54. The number of carbonyl (C=O) groups is 1. The monoisotopic (exact) mass is 223 g/mol. The summed E-state index contributed by atoms with van der Waals surface area (Å²) in [5.74, 6) is -0.163. The minimum absolute atomic E-state index is 0. The van der Waals surface area contributed by atoms with Crippen molar-refractivity contribution in [2.75, 3.05) is 0 Å². The molecule has 0 saturated heterocycles. The first-order valence-electron chi connectivity index (χ1n) is 5.42. The van der Waals surface area contributed by atoms with Gasteiger partial charge in [0.1, 0.15) is 11.6 Å². The molecule has 0 aliphatic heterocycles. The smallest absolute Gasteiger partial charge is 0.134 e. The van der Waals surface area contributed by atoms with Gasteiger partial charge in [-0.1, -0.05) is 13.8 Å². The van der Waals surface area contributed by atoms with Crippen molar-refractivity contribution >= 4 is 16.7 Å². The number of fused-ring (bicyclic) bond motifs is 1. The molecule has 0 fully saturated rings. The molecule has 0 saturated carbocycles. The van der Waals surface area contributed by atoms with E-state index in [1.54, 1.807) is 19.2 Å². The van der Waals surface area contributed by atoms with Gasteiger partial charge in [0.15, 0.2) is 0 Å². The average Bonchev–Trinajstić information content (AvgIpc) is 2.63. The molecule has 0 unspecified atom stereocenters. The second-order valence-electron chi connectivity index (χ2n) is 3.38. The van der Waals surface area contributed by atoms with Crippen LogP contribution in [0, 0.1) is 5.82 Å². The van der Waals surface area contributed by atoms with Crippen LogP contribution in [0.3, 0.4) is 0 Å². The van der Waals surface area contributed by atoms with E-state index in [0.717, 1.165) is 16.5 Å². The molecule has 1 aromatic carbocycles. The fraction of sp³-hybridized carbons (Fsp3) is 0.308. The topological polar surface area (TPSA) is 32.9 Å². The molecule has 2 aromatic rings. The maximum absolute atomic E-state index is 12.8. The van der Waals surface area contributed by atoms with E-state index in [1.807, 2.05) is 13.8 Å². The quantitative estimate of drug-likeness (QED) is 0.827. The zero-order valence-electron chi connectivity index (χ0n) is 9.80. The molecule has 2 rings (SSSR count). The van der Waals surface area contributed by atoms with E-state index in [4.69, 9.17) is 0 Å². The first kappa shape index (κ1) is 12.4. The van der Waals surface area contributed by atoms with Gasteiger partial charge in [-0.05, 0) is 30.7 Å². The summed E-state index contributed by atoms with van der Waals surface area (Å²) in [6.07, 6.45) is 2.15. The lowest BCUT2D eigenvalue weighted by Gasteiger charge is -1.94. The lowest BCUT2D eigenvalue weighted by atomic mass is 10.1. The number of aromatic nitrogens is 1. The highest BCUT2D eigenvalue weighted by Gasteiger charge is 2.05. The van der Waals surface area contributed by atoms with Crippen LogP contribution in [0.4, 0.5) is 4.39 Å². The van der Waals surface area contributed by atoms with Crippen molar-refractivity contribution in [2.24, 2.45) is 0 Å². The number of halogens is 1. The summed E-state index contributed by atoms with van der Waals surface area (Å²) in [5, 5.41) is 0.918. The van der Waals surface area contributed by atoms with Crippen molar-refractivity contribution in [1.29, 1.82) is 0 Å². The Balaban J connectivity index is 0.000000811. The maximum atomic E-state index is 12.8. The van der Waals surface area contributed by atoms with Gasteiger partial charge in [0.2, 0.25) is 0 Å². The number of carbonyl (C=O) groups excluding carboxylic acids is 1. The van der Waals surface area contributed by atoms with Crippen LogP contribution in [0.5, 0.6) is 0 Å². The molecule has 1 aromatic heterocycles. The van der Waals surface area contributed by atoms with E-state index in [0.29, 0.717) is 6.42 Å². The largest absolute Gasteiger partial charge is 0.361 e. The Morgan fingerprint density at radius 2 is 2.12 bits per heavy atom. The molecule has 1 heterocycles. The second-order valence-corrected chi connectivity index (χ2v) is 3.38. The van der Waals surface area contributed by atoms with Crippen LogP contribution in [0.15, 0.2) is 24.4 Å². The van der Waals surface area contributed by atoms with Gasteiger partial charge in [0.25, 0.3) is 0 Å². The van der Waals surface area contributed by atoms with Crippen molar-refractivity contribution in [3.8, 4) is 0 Å². The number of benzene rings is 1. The molecule has 0 bridgehead atoms. The van der Waals surface area contributed by atoms with Gasteiger partial charge in [-0.15, -0.1) is 0 Å². The minimum atomic E-state index is -0.270. The normalized spacial score (nSPS) is 9.75. The Kier molecular flexibility index (Phi) is 4.23. The second kappa shape index (κ2) is 5.45. The first-order chi connectivity index (χ1) is 7.66. The number of rotatable bonds is 2. The molecule has 2 nitrogen and oxygen atoms in total. The molecule has 1 N–H and O–H groups in total. The van der Waals surface area contributed by atoms with Gasteiger partial charge in [-0.25, -0.2) is 4.39 Å². The van der Waals surface area contributed by atoms with E-state index < -0.39 is 0 Å². The molecule has 0 spiro atoms. The Hall–Kier alpha value is -1.64. The highest BCUT2D eigenvalue weighted by atomic mass is 19.1. The Morgan fingerprint density at radius 1 is 1.44 bits per heavy atom. The van der Waals surface area contributed by atoms with Crippen LogP contribution in [0.25, 0.3) is 10.9 Å². The van der Waals surface area contributed by atoms with Crippen molar-refractivity contribution in [3.05, 3.63) is 35.8 Å². The summed E-state index contributed by atoms with van der Waals surface area (Å²) in [7, 11) is 0. The number of hydrogen-bond donors (Lipinski definition) is 1. The fourth-order valence-corrected chi connectivity index (χ4v) is 1.57. The molecule has 3 heteroatoms. The van der Waals surface area contributed by atoms with Crippen molar-refractivity contribution in [3.63, 3.8) is 0 Å². The fourth-order valence-electron chi connectivity index (χ4n) is 1.57. The summed E-state index contributed by atoms with van der Waals surface area (Å²) >= 11 is 0. The molecule has 0 radical (unpaired) electrons. The van der Waals surface area contributed by atoms with E-state index >= 15 is 0 Å². The van der Waals surface area contributed by atoms with E-state index in [1.165, 1.54) is 12.1 Å². The van der Waals surface area contributed by atoms with Crippen LogP contribution in [-0.4, -0.2) is 10.8 Å². The van der Waals surface area contributed by atoms with Gasteiger partial charge in [-0.3, -0.25) is 4.79 Å². The van der Waals surface area contributed by atoms with Gasteiger partial charge < -0.3 is 4.98 Å². The third kappa shape index (κ3) is 2.69. The molecule has 16 heavy (non-hydrogen) atoms. The molecule has 88 valence electrons. The van der Waals surface area contributed by atoms with Crippen molar-refractivity contribution < 1.29 is 10.6 Å². The number of aromatic amines is 1. The summed E-state index contributed by atoms with van der Waals surface area (Å²) in [5.41, 5.74) is 1.66. The highest BCUT2D eigenvalue weighted by Crippen LogP contribution is 2.19. The Bertz CT molecular complexity index is 493. The van der Waals surface area contributed by atoms with Gasteiger partial charge in [-0.2, -0.15) is 0 Å².